The van der Waals surface area contributed by atoms with Gasteiger partial charge >= 0.3 is 0 Å². The molecule has 0 fully saturated rings. The van der Waals surface area contributed by atoms with Gasteiger partial charge in [0.2, 0.25) is 5.28 Å². The predicted molar refractivity (Wildman–Crippen MR) is 64.0 cm³/mol. The van der Waals surface area contributed by atoms with Gasteiger partial charge in [-0.1, -0.05) is 25.4 Å². The summed E-state index contributed by atoms with van der Waals surface area (Å²) < 4.78 is 5.38. The van der Waals surface area contributed by atoms with Crippen LogP contribution < -0.4 is 5.32 Å². The first-order chi connectivity index (χ1) is 7.59. The zero-order valence-electron chi connectivity index (χ0n) is 9.20. The summed E-state index contributed by atoms with van der Waals surface area (Å²) in [7, 11) is 0. The molecule has 0 unspecified atom stereocenters. The summed E-state index contributed by atoms with van der Waals surface area (Å²) in [6.45, 7) is 6.10. The fourth-order valence-corrected chi connectivity index (χ4v) is 1.24. The van der Waals surface area contributed by atoms with Gasteiger partial charge in [0.05, 0.1) is 6.61 Å². The second-order valence-electron chi connectivity index (χ2n) is 3.62. The van der Waals surface area contributed by atoms with Crippen LogP contribution in [0.1, 0.15) is 13.8 Å². The first kappa shape index (κ1) is 13.4. The van der Waals surface area contributed by atoms with Gasteiger partial charge in [-0.05, 0) is 17.5 Å². The molecule has 0 atom stereocenters. The minimum absolute atomic E-state index is 0.0648. The molecule has 0 bridgehead atoms. The number of nitrogens with one attached hydrogen (secondary N) is 1. The molecule has 0 saturated carbocycles. The van der Waals surface area contributed by atoms with Gasteiger partial charge in [-0.25, -0.2) is 0 Å². The van der Waals surface area contributed by atoms with Gasteiger partial charge in [-0.2, -0.15) is 4.98 Å². The largest absolute Gasteiger partial charge is 0.379 e. The van der Waals surface area contributed by atoms with Crippen molar-refractivity contribution in [1.29, 1.82) is 0 Å². The molecule has 1 heterocycles. The SMILES string of the molecule is CC(C)COCCNc1nc(Cl)nnc1Cl. The minimum Gasteiger partial charge on any atom is -0.379 e. The lowest BCUT2D eigenvalue weighted by atomic mass is 10.2. The molecule has 16 heavy (non-hydrogen) atoms. The predicted octanol–water partition coefficient (Wildman–Crippen LogP) is 2.26. The number of hydrogen-bond acceptors (Lipinski definition) is 5. The summed E-state index contributed by atoms with van der Waals surface area (Å²) in [6.07, 6.45) is 0. The number of ether oxygens (including phenoxy) is 1. The molecule has 7 heteroatoms. The maximum absolute atomic E-state index is 5.76. The molecule has 90 valence electrons. The molecule has 0 amide bonds. The lowest BCUT2D eigenvalue weighted by molar-refractivity contribution is 0.118. The van der Waals surface area contributed by atoms with Crippen molar-refractivity contribution in [3.63, 3.8) is 0 Å². The molecule has 0 radical (unpaired) electrons. The van der Waals surface area contributed by atoms with Crippen LogP contribution in [-0.4, -0.2) is 34.9 Å². The Kier molecular flexibility index (Phi) is 5.73. The van der Waals surface area contributed by atoms with E-state index in [1.165, 1.54) is 0 Å². The Balaban J connectivity index is 2.29. The van der Waals surface area contributed by atoms with Crippen LogP contribution >= 0.6 is 23.2 Å². The van der Waals surface area contributed by atoms with E-state index in [1.54, 1.807) is 0 Å². The first-order valence-corrected chi connectivity index (χ1v) is 5.72. The Labute approximate surface area is 105 Å². The van der Waals surface area contributed by atoms with Crippen LogP contribution in [0.15, 0.2) is 0 Å². The first-order valence-electron chi connectivity index (χ1n) is 4.97. The molecule has 0 aliphatic heterocycles. The third-order valence-electron chi connectivity index (χ3n) is 1.61. The Morgan fingerprint density at radius 2 is 2.06 bits per heavy atom. The Hall–Kier alpha value is -0.650. The second kappa shape index (κ2) is 6.83. The summed E-state index contributed by atoms with van der Waals surface area (Å²) in [4.78, 5) is 3.90. The number of hydrogen-bond donors (Lipinski definition) is 1. The van der Waals surface area contributed by atoms with E-state index < -0.39 is 0 Å². The molecule has 0 aromatic carbocycles. The maximum Gasteiger partial charge on any atom is 0.245 e. The molecule has 0 aliphatic carbocycles. The zero-order chi connectivity index (χ0) is 12.0. The van der Waals surface area contributed by atoms with Crippen LogP contribution in [0, 0.1) is 5.92 Å². The van der Waals surface area contributed by atoms with Crippen molar-refractivity contribution in [3.05, 3.63) is 10.4 Å². The van der Waals surface area contributed by atoms with E-state index in [-0.39, 0.29) is 10.4 Å². The van der Waals surface area contributed by atoms with Gasteiger partial charge < -0.3 is 10.1 Å². The van der Waals surface area contributed by atoms with E-state index in [9.17, 15) is 0 Å². The van der Waals surface area contributed by atoms with Gasteiger partial charge in [0, 0.05) is 13.2 Å². The van der Waals surface area contributed by atoms with E-state index >= 15 is 0 Å². The highest BCUT2D eigenvalue weighted by Gasteiger charge is 2.04. The monoisotopic (exact) mass is 264 g/mol. The van der Waals surface area contributed by atoms with E-state index in [4.69, 9.17) is 27.9 Å². The average molecular weight is 265 g/mol. The van der Waals surface area contributed by atoms with Gasteiger partial charge in [0.25, 0.3) is 0 Å². The van der Waals surface area contributed by atoms with E-state index in [0.717, 1.165) is 6.61 Å². The lowest BCUT2D eigenvalue weighted by Crippen LogP contribution is -2.13. The number of rotatable bonds is 6. The summed E-state index contributed by atoms with van der Waals surface area (Å²) in [6, 6.07) is 0. The fourth-order valence-electron chi connectivity index (χ4n) is 0.966. The molecule has 1 N–H and O–H groups in total. The molecule has 0 saturated heterocycles. The van der Waals surface area contributed by atoms with Crippen LogP contribution in [0.2, 0.25) is 10.4 Å². The van der Waals surface area contributed by atoms with Crippen LogP contribution in [0.4, 0.5) is 5.82 Å². The normalized spacial score (nSPS) is 10.8. The minimum atomic E-state index is 0.0648. The van der Waals surface area contributed by atoms with Crippen LogP contribution in [0.25, 0.3) is 0 Å². The summed E-state index contributed by atoms with van der Waals surface area (Å²) in [5.74, 6) is 0.952. The molecular formula is C9H14Cl2N4O. The highest BCUT2D eigenvalue weighted by Crippen LogP contribution is 2.15. The van der Waals surface area contributed by atoms with Gasteiger partial charge in [0.15, 0.2) is 11.0 Å². The van der Waals surface area contributed by atoms with E-state index in [2.05, 4.69) is 34.3 Å². The lowest BCUT2D eigenvalue weighted by Gasteiger charge is -2.08. The topological polar surface area (TPSA) is 59.9 Å². The van der Waals surface area contributed by atoms with Crippen molar-refractivity contribution in [2.75, 3.05) is 25.1 Å². The maximum atomic E-state index is 5.76. The summed E-state index contributed by atoms with van der Waals surface area (Å²) in [5.41, 5.74) is 0. The molecule has 1 aromatic heterocycles. The Morgan fingerprint density at radius 1 is 1.31 bits per heavy atom. The van der Waals surface area contributed by atoms with Crippen LogP contribution in [-0.2, 0) is 4.74 Å². The second-order valence-corrected chi connectivity index (χ2v) is 4.31. The molecule has 1 aromatic rings. The molecule has 0 spiro atoms. The summed E-state index contributed by atoms with van der Waals surface area (Å²) >= 11 is 11.3. The van der Waals surface area contributed by atoms with Crippen molar-refractivity contribution in [3.8, 4) is 0 Å². The van der Waals surface area contributed by atoms with Crippen LogP contribution in [0.3, 0.4) is 0 Å². The zero-order valence-corrected chi connectivity index (χ0v) is 10.7. The third-order valence-corrected chi connectivity index (χ3v) is 2.02. The van der Waals surface area contributed by atoms with Crippen molar-refractivity contribution < 1.29 is 4.74 Å². The van der Waals surface area contributed by atoms with Crippen molar-refractivity contribution in [1.82, 2.24) is 15.2 Å². The smallest absolute Gasteiger partial charge is 0.245 e. The number of nitrogens with zero attached hydrogens (tertiary/aromatic N) is 3. The third kappa shape index (κ3) is 4.92. The van der Waals surface area contributed by atoms with Gasteiger partial charge in [0.1, 0.15) is 0 Å². The molecule has 5 nitrogen and oxygen atoms in total. The van der Waals surface area contributed by atoms with E-state index in [1.807, 2.05) is 0 Å². The van der Waals surface area contributed by atoms with Crippen molar-refractivity contribution in [2.45, 2.75) is 13.8 Å². The number of halogens is 2. The molecular weight excluding hydrogens is 251 g/mol. The Bertz CT molecular complexity index is 335. The quantitative estimate of drug-likeness (QED) is 0.799. The Morgan fingerprint density at radius 3 is 2.75 bits per heavy atom. The molecule has 1 rings (SSSR count). The van der Waals surface area contributed by atoms with Gasteiger partial charge in [-0.3, -0.25) is 0 Å². The number of aromatic nitrogens is 3. The van der Waals surface area contributed by atoms with E-state index in [0.29, 0.717) is 24.9 Å². The van der Waals surface area contributed by atoms with Crippen LogP contribution in [0.5, 0.6) is 0 Å². The number of anilines is 1. The average Bonchev–Trinajstić information content (AvgIpc) is 2.22. The molecule has 0 aliphatic rings. The fraction of sp³-hybridized carbons (Fsp3) is 0.667. The highest BCUT2D eigenvalue weighted by atomic mass is 35.5. The summed E-state index contributed by atoms with van der Waals surface area (Å²) in [5, 5.41) is 10.4. The standard InChI is InChI=1S/C9H14Cl2N4O/c1-6(2)5-16-4-3-12-8-7(10)14-15-9(11)13-8/h6H,3-5H2,1-2H3,(H,12,13,15). The van der Waals surface area contributed by atoms with Gasteiger partial charge in [-0.15, -0.1) is 10.2 Å². The van der Waals surface area contributed by atoms with Crippen molar-refractivity contribution in [2.24, 2.45) is 5.92 Å². The van der Waals surface area contributed by atoms with Crippen molar-refractivity contribution >= 4 is 29.0 Å². The highest BCUT2D eigenvalue weighted by molar-refractivity contribution is 6.32.